The Bertz CT molecular complexity index is 753. The molecule has 0 bridgehead atoms. The number of allylic oxidation sites excluding steroid dienone is 2. The van der Waals surface area contributed by atoms with Gasteiger partial charge in [-0.1, -0.05) is 54.1 Å². The number of ether oxygens (including phenoxy) is 2. The van der Waals surface area contributed by atoms with E-state index < -0.39 is 5.60 Å². The van der Waals surface area contributed by atoms with Crippen LogP contribution in [0.15, 0.2) is 54.1 Å². The highest BCUT2D eigenvalue weighted by Gasteiger charge is 2.39. The summed E-state index contributed by atoms with van der Waals surface area (Å²) in [6.45, 7) is 7.84. The smallest absolute Gasteiger partial charge is 0.343 e. The Morgan fingerprint density at radius 3 is 2.52 bits per heavy atom. The molecular weight excluding hydrogens is 312 g/mol. The largest absolute Gasteiger partial charge is 0.460 e. The van der Waals surface area contributed by atoms with Crippen molar-refractivity contribution >= 4 is 16.7 Å². The Balaban J connectivity index is 2.23. The number of rotatable bonds is 7. The molecule has 0 unspecified atom stereocenters. The van der Waals surface area contributed by atoms with Crippen LogP contribution in [-0.2, 0) is 19.9 Å². The number of hydrogen-bond acceptors (Lipinski definition) is 3. The van der Waals surface area contributed by atoms with Gasteiger partial charge in [0.1, 0.15) is 0 Å². The average molecular weight is 340 g/mol. The summed E-state index contributed by atoms with van der Waals surface area (Å²) >= 11 is 0. The predicted molar refractivity (Wildman–Crippen MR) is 103 cm³/mol. The molecule has 0 N–H and O–H groups in total. The molecule has 3 nitrogen and oxygen atoms in total. The van der Waals surface area contributed by atoms with Gasteiger partial charge in [-0.2, -0.15) is 0 Å². The summed E-state index contributed by atoms with van der Waals surface area (Å²) in [4.78, 5) is 12.9. The van der Waals surface area contributed by atoms with Crippen LogP contribution in [0.3, 0.4) is 0 Å². The Labute approximate surface area is 150 Å². The van der Waals surface area contributed by atoms with Crippen LogP contribution in [0.4, 0.5) is 0 Å². The van der Waals surface area contributed by atoms with Crippen molar-refractivity contribution in [1.29, 1.82) is 0 Å². The van der Waals surface area contributed by atoms with Crippen molar-refractivity contribution in [3.63, 3.8) is 0 Å². The summed E-state index contributed by atoms with van der Waals surface area (Å²) in [5.41, 5.74) is 0.969. The molecule has 0 saturated carbocycles. The van der Waals surface area contributed by atoms with Crippen LogP contribution in [0.5, 0.6) is 0 Å². The third-order valence-corrected chi connectivity index (χ3v) is 4.54. The number of carbonyl (C=O) groups excluding carboxylic acids is 1. The van der Waals surface area contributed by atoms with Crippen molar-refractivity contribution in [3.05, 3.63) is 59.7 Å². The Morgan fingerprint density at radius 2 is 1.84 bits per heavy atom. The van der Waals surface area contributed by atoms with Gasteiger partial charge in [0, 0.05) is 12.7 Å². The molecule has 25 heavy (non-hydrogen) atoms. The van der Waals surface area contributed by atoms with Crippen LogP contribution >= 0.6 is 0 Å². The lowest BCUT2D eigenvalue weighted by Gasteiger charge is -2.29. The zero-order valence-electron chi connectivity index (χ0n) is 15.8. The van der Waals surface area contributed by atoms with Gasteiger partial charge >= 0.3 is 5.97 Å². The minimum Gasteiger partial charge on any atom is -0.460 e. The lowest BCUT2D eigenvalue weighted by atomic mass is 9.90. The summed E-state index contributed by atoms with van der Waals surface area (Å²) in [5, 5.41) is 2.08. The van der Waals surface area contributed by atoms with Crippen molar-refractivity contribution in [1.82, 2.24) is 0 Å². The molecule has 0 aliphatic carbocycles. The third-order valence-electron chi connectivity index (χ3n) is 4.54. The number of hydrogen-bond donors (Lipinski definition) is 0. The van der Waals surface area contributed by atoms with E-state index in [0.29, 0.717) is 0 Å². The Kier molecular flexibility index (Phi) is 6.38. The number of esters is 1. The maximum absolute atomic E-state index is 12.9. The highest BCUT2D eigenvalue weighted by molar-refractivity contribution is 5.92. The fourth-order valence-corrected chi connectivity index (χ4v) is 2.91. The number of methoxy groups -OCH3 is 1. The Hall–Kier alpha value is -2.13. The first kappa shape index (κ1) is 19.2. The molecule has 0 aliphatic rings. The highest BCUT2D eigenvalue weighted by atomic mass is 16.6. The number of benzene rings is 2. The summed E-state index contributed by atoms with van der Waals surface area (Å²) in [5.74, 6) is -0.351. The van der Waals surface area contributed by atoms with E-state index in [1.54, 1.807) is 14.0 Å². The zero-order chi connectivity index (χ0) is 18.4. The maximum Gasteiger partial charge on any atom is 0.343 e. The molecule has 2 aromatic rings. The van der Waals surface area contributed by atoms with E-state index >= 15 is 0 Å². The van der Waals surface area contributed by atoms with Crippen molar-refractivity contribution in [2.75, 3.05) is 7.11 Å². The lowest BCUT2D eigenvalue weighted by Crippen LogP contribution is -2.38. The zero-order valence-corrected chi connectivity index (χ0v) is 15.8. The molecule has 0 amide bonds. The normalized spacial score (nSPS) is 14.6. The van der Waals surface area contributed by atoms with E-state index in [0.717, 1.165) is 29.2 Å². The van der Waals surface area contributed by atoms with Crippen LogP contribution in [0.1, 0.15) is 46.1 Å². The van der Waals surface area contributed by atoms with E-state index in [1.807, 2.05) is 49.4 Å². The molecule has 0 radical (unpaired) electrons. The third kappa shape index (κ3) is 4.49. The van der Waals surface area contributed by atoms with Crippen LogP contribution in [0.25, 0.3) is 10.8 Å². The second-order valence-electron chi connectivity index (χ2n) is 6.84. The van der Waals surface area contributed by atoms with E-state index in [-0.39, 0.29) is 12.1 Å². The molecule has 0 aromatic heterocycles. The predicted octanol–water partition coefficient (Wildman–Crippen LogP) is 5.38. The quantitative estimate of drug-likeness (QED) is 0.501. The second-order valence-corrected chi connectivity index (χ2v) is 6.84. The van der Waals surface area contributed by atoms with Gasteiger partial charge in [0.05, 0.1) is 6.10 Å². The van der Waals surface area contributed by atoms with Crippen molar-refractivity contribution in [3.8, 4) is 0 Å². The van der Waals surface area contributed by atoms with Crippen molar-refractivity contribution in [2.45, 2.75) is 52.2 Å². The van der Waals surface area contributed by atoms with Gasteiger partial charge in [-0.15, -0.1) is 0 Å². The topological polar surface area (TPSA) is 35.5 Å². The van der Waals surface area contributed by atoms with Crippen molar-refractivity contribution < 1.29 is 14.3 Å². The van der Waals surface area contributed by atoms with Gasteiger partial charge in [0.15, 0.2) is 5.60 Å². The second kappa shape index (κ2) is 8.30. The maximum atomic E-state index is 12.9. The fourth-order valence-electron chi connectivity index (χ4n) is 2.91. The summed E-state index contributed by atoms with van der Waals surface area (Å²) < 4.78 is 11.3. The van der Waals surface area contributed by atoms with Crippen molar-refractivity contribution in [2.24, 2.45) is 0 Å². The molecule has 2 rings (SSSR count). The molecule has 0 heterocycles. The summed E-state index contributed by atoms with van der Waals surface area (Å²) in [6, 6.07) is 13.9. The molecule has 0 spiro atoms. The first-order valence-electron chi connectivity index (χ1n) is 8.76. The van der Waals surface area contributed by atoms with Gasteiger partial charge < -0.3 is 9.47 Å². The van der Waals surface area contributed by atoms with Crippen LogP contribution in [0.2, 0.25) is 0 Å². The van der Waals surface area contributed by atoms with Crippen LogP contribution < -0.4 is 0 Å². The van der Waals surface area contributed by atoms with E-state index in [2.05, 4.69) is 19.9 Å². The molecule has 0 fully saturated rings. The van der Waals surface area contributed by atoms with Gasteiger partial charge in [-0.25, -0.2) is 4.79 Å². The van der Waals surface area contributed by atoms with Gasteiger partial charge in [-0.3, -0.25) is 0 Å². The Morgan fingerprint density at radius 1 is 1.16 bits per heavy atom. The monoisotopic (exact) mass is 340 g/mol. The molecule has 2 atom stereocenters. The van der Waals surface area contributed by atoms with Crippen LogP contribution in [0, 0.1) is 0 Å². The van der Waals surface area contributed by atoms with E-state index in [1.165, 1.54) is 5.57 Å². The fraction of sp³-hybridized carbons (Fsp3) is 0.409. The highest BCUT2D eigenvalue weighted by Crippen LogP contribution is 2.33. The summed E-state index contributed by atoms with van der Waals surface area (Å²) in [7, 11) is 1.55. The van der Waals surface area contributed by atoms with Gasteiger partial charge in [0.2, 0.25) is 0 Å². The number of fused-ring (bicyclic) bond motifs is 1. The van der Waals surface area contributed by atoms with E-state index in [4.69, 9.17) is 9.47 Å². The van der Waals surface area contributed by atoms with E-state index in [9.17, 15) is 4.79 Å². The minimum atomic E-state index is -1.13. The molecular formula is C22H28O3. The van der Waals surface area contributed by atoms with Gasteiger partial charge in [0.25, 0.3) is 0 Å². The molecule has 0 saturated heterocycles. The number of carbonyl (C=O) groups is 1. The summed E-state index contributed by atoms with van der Waals surface area (Å²) in [6.07, 6.45) is 3.69. The first-order valence-corrected chi connectivity index (χ1v) is 8.76. The molecule has 2 aromatic carbocycles. The molecule has 0 aliphatic heterocycles. The first-order chi connectivity index (χ1) is 11.9. The van der Waals surface area contributed by atoms with Gasteiger partial charge in [-0.05, 0) is 51.3 Å². The SMILES string of the molecule is CO[C@](C)(C(=O)O[C@H](C)CCC=C(C)C)c1cccc2ccccc12. The minimum absolute atomic E-state index is 0.160. The molecule has 3 heteroatoms. The lowest BCUT2D eigenvalue weighted by molar-refractivity contribution is -0.173. The standard InChI is InChI=1S/C22H28O3/c1-16(2)10-8-11-17(3)25-21(23)22(4,24-5)20-15-9-13-18-12-6-7-14-19(18)20/h6-7,9-10,12-15,17H,8,11H2,1-5H3/t17-,22+/m1/s1. The average Bonchev–Trinajstić information content (AvgIpc) is 2.60. The molecule has 134 valence electrons. The van der Waals surface area contributed by atoms with Crippen LogP contribution in [-0.4, -0.2) is 19.2 Å².